The van der Waals surface area contributed by atoms with E-state index in [1.807, 2.05) is 0 Å². The minimum Gasteiger partial charge on any atom is -0.491 e. The van der Waals surface area contributed by atoms with Crippen molar-refractivity contribution in [3.05, 3.63) is 33.4 Å². The van der Waals surface area contributed by atoms with Gasteiger partial charge < -0.3 is 4.74 Å². The van der Waals surface area contributed by atoms with Crippen LogP contribution in [0.4, 0.5) is 5.69 Å². The van der Waals surface area contributed by atoms with Gasteiger partial charge in [0.15, 0.2) is 0 Å². The Morgan fingerprint density at radius 2 is 2.20 bits per heavy atom. The zero-order chi connectivity index (χ0) is 14.7. The van der Waals surface area contributed by atoms with Crippen LogP contribution < -0.4 is 10.1 Å². The Kier molecular flexibility index (Phi) is 4.20. The zero-order valence-corrected chi connectivity index (χ0v) is 11.5. The van der Waals surface area contributed by atoms with Crippen LogP contribution in [0.15, 0.2) is 12.1 Å². The predicted molar refractivity (Wildman–Crippen MR) is 73.6 cm³/mol. The molecule has 1 atom stereocenters. The van der Waals surface area contributed by atoms with Crippen molar-refractivity contribution in [2.24, 2.45) is 0 Å². The zero-order valence-electron chi connectivity index (χ0n) is 11.5. The summed E-state index contributed by atoms with van der Waals surface area (Å²) in [7, 11) is 0. The maximum absolute atomic E-state index is 10.8. The van der Waals surface area contributed by atoms with E-state index in [4.69, 9.17) is 10.00 Å². The Bertz CT molecular complexity index is 562. The molecular weight excluding hydrogens is 258 g/mol. The third-order valence-electron chi connectivity index (χ3n) is 3.27. The Morgan fingerprint density at radius 1 is 1.50 bits per heavy atom. The lowest BCUT2D eigenvalue weighted by Crippen LogP contribution is -2.34. The minimum absolute atomic E-state index is 0.0859. The lowest BCUT2D eigenvalue weighted by molar-refractivity contribution is -0.385. The van der Waals surface area contributed by atoms with Gasteiger partial charge >= 0.3 is 0 Å². The van der Waals surface area contributed by atoms with Crippen LogP contribution >= 0.6 is 0 Å². The van der Waals surface area contributed by atoms with Crippen molar-refractivity contribution in [2.75, 3.05) is 6.61 Å². The summed E-state index contributed by atoms with van der Waals surface area (Å²) < 4.78 is 5.63. The van der Waals surface area contributed by atoms with Crippen LogP contribution in [0.2, 0.25) is 0 Å². The Labute approximate surface area is 117 Å². The van der Waals surface area contributed by atoms with Crippen molar-refractivity contribution >= 4 is 5.69 Å². The van der Waals surface area contributed by atoms with E-state index in [2.05, 4.69) is 11.4 Å². The molecule has 106 valence electrons. The quantitative estimate of drug-likeness (QED) is 0.635. The Morgan fingerprint density at radius 3 is 2.75 bits per heavy atom. The second kappa shape index (κ2) is 5.88. The second-order valence-electron chi connectivity index (χ2n) is 5.09. The highest BCUT2D eigenvalue weighted by Crippen LogP contribution is 2.28. The summed E-state index contributed by atoms with van der Waals surface area (Å²) in [5.74, 6) is 0.589. The van der Waals surface area contributed by atoms with Crippen LogP contribution in [0.3, 0.4) is 0 Å². The Hall–Kier alpha value is -2.13. The number of nitriles is 1. The van der Waals surface area contributed by atoms with E-state index in [0.29, 0.717) is 22.9 Å². The monoisotopic (exact) mass is 275 g/mol. The number of nitro benzene ring substituents is 1. The summed E-state index contributed by atoms with van der Waals surface area (Å²) in [5.41, 5.74) is 1.34. The number of rotatable bonds is 6. The van der Waals surface area contributed by atoms with Gasteiger partial charge in [0.2, 0.25) is 0 Å². The molecule has 0 heterocycles. The molecule has 1 N–H and O–H groups in total. The van der Waals surface area contributed by atoms with Gasteiger partial charge in [0.1, 0.15) is 18.4 Å². The average molecular weight is 275 g/mol. The first-order chi connectivity index (χ1) is 9.51. The summed E-state index contributed by atoms with van der Waals surface area (Å²) in [6, 6.07) is 5.40. The van der Waals surface area contributed by atoms with Crippen LogP contribution in [-0.4, -0.2) is 23.6 Å². The first-order valence-corrected chi connectivity index (χ1v) is 6.55. The largest absolute Gasteiger partial charge is 0.491 e. The molecular formula is C14H17N3O3. The van der Waals surface area contributed by atoms with Crippen molar-refractivity contribution in [3.63, 3.8) is 0 Å². The standard InChI is InChI=1S/C14H17N3O3/c1-9-6-14(10(2)5-13(9)17(18)19)20-8-12(7-15)16-11-3-4-11/h5-6,11-12,16H,3-4,8H2,1-2H3. The highest BCUT2D eigenvalue weighted by molar-refractivity contribution is 5.49. The summed E-state index contributed by atoms with van der Waals surface area (Å²) >= 11 is 0. The number of ether oxygens (including phenoxy) is 1. The van der Waals surface area contributed by atoms with Gasteiger partial charge in [-0.3, -0.25) is 15.4 Å². The maximum Gasteiger partial charge on any atom is 0.272 e. The molecule has 2 rings (SSSR count). The third-order valence-corrected chi connectivity index (χ3v) is 3.27. The summed E-state index contributed by atoms with van der Waals surface area (Å²) in [4.78, 5) is 10.4. The number of aryl methyl sites for hydroxylation is 2. The highest BCUT2D eigenvalue weighted by atomic mass is 16.6. The predicted octanol–water partition coefficient (Wildman–Crippen LogP) is 2.23. The molecule has 0 aromatic heterocycles. The van der Waals surface area contributed by atoms with E-state index < -0.39 is 4.92 Å². The van der Waals surface area contributed by atoms with Gasteiger partial charge in [-0.15, -0.1) is 0 Å². The Balaban J connectivity index is 2.03. The molecule has 0 radical (unpaired) electrons. The number of nitrogens with one attached hydrogen (secondary N) is 1. The van der Waals surface area contributed by atoms with Gasteiger partial charge in [0.25, 0.3) is 5.69 Å². The van der Waals surface area contributed by atoms with Gasteiger partial charge in [-0.25, -0.2) is 0 Å². The SMILES string of the molecule is Cc1cc([N+](=O)[O-])c(C)cc1OCC(C#N)NC1CC1. The van der Waals surface area contributed by atoms with Gasteiger partial charge in [-0.2, -0.15) is 5.26 Å². The van der Waals surface area contributed by atoms with E-state index >= 15 is 0 Å². The van der Waals surface area contributed by atoms with Crippen molar-refractivity contribution in [1.29, 1.82) is 5.26 Å². The summed E-state index contributed by atoms with van der Waals surface area (Å²) in [6.07, 6.45) is 2.21. The van der Waals surface area contributed by atoms with Crippen molar-refractivity contribution in [2.45, 2.75) is 38.8 Å². The van der Waals surface area contributed by atoms with Crippen LogP contribution in [0.25, 0.3) is 0 Å². The molecule has 6 nitrogen and oxygen atoms in total. The first kappa shape index (κ1) is 14.3. The second-order valence-corrected chi connectivity index (χ2v) is 5.09. The van der Waals surface area contributed by atoms with Crippen LogP contribution in [-0.2, 0) is 0 Å². The molecule has 0 aliphatic heterocycles. The van der Waals surface area contributed by atoms with E-state index in [0.717, 1.165) is 12.8 Å². The van der Waals surface area contributed by atoms with E-state index in [1.54, 1.807) is 19.9 Å². The highest BCUT2D eigenvalue weighted by Gasteiger charge is 2.25. The van der Waals surface area contributed by atoms with E-state index in [9.17, 15) is 10.1 Å². The molecule has 1 aromatic carbocycles. The van der Waals surface area contributed by atoms with Crippen LogP contribution in [0.1, 0.15) is 24.0 Å². The van der Waals surface area contributed by atoms with E-state index in [-0.39, 0.29) is 18.3 Å². The molecule has 6 heteroatoms. The number of hydrogen-bond acceptors (Lipinski definition) is 5. The average Bonchev–Trinajstić information content (AvgIpc) is 3.21. The fourth-order valence-electron chi connectivity index (χ4n) is 1.96. The maximum atomic E-state index is 10.8. The first-order valence-electron chi connectivity index (χ1n) is 6.55. The smallest absolute Gasteiger partial charge is 0.272 e. The van der Waals surface area contributed by atoms with Crippen LogP contribution in [0, 0.1) is 35.3 Å². The number of benzene rings is 1. The molecule has 1 aliphatic carbocycles. The minimum atomic E-state index is -0.404. The molecule has 0 bridgehead atoms. The lowest BCUT2D eigenvalue weighted by Gasteiger charge is -2.14. The van der Waals surface area contributed by atoms with Crippen molar-refractivity contribution in [3.8, 4) is 11.8 Å². The number of nitrogens with zero attached hydrogens (tertiary/aromatic N) is 2. The van der Waals surface area contributed by atoms with Gasteiger partial charge in [-0.1, -0.05) is 0 Å². The molecule has 1 fully saturated rings. The molecule has 1 aliphatic rings. The molecule has 20 heavy (non-hydrogen) atoms. The normalized spacial score (nSPS) is 15.4. The molecule has 0 saturated heterocycles. The fraction of sp³-hybridized carbons (Fsp3) is 0.500. The van der Waals surface area contributed by atoms with Crippen molar-refractivity contribution < 1.29 is 9.66 Å². The van der Waals surface area contributed by atoms with Gasteiger partial charge in [0, 0.05) is 17.7 Å². The number of hydrogen-bond donors (Lipinski definition) is 1. The molecule has 0 spiro atoms. The lowest BCUT2D eigenvalue weighted by atomic mass is 10.1. The van der Waals surface area contributed by atoms with Gasteiger partial charge in [-0.05, 0) is 38.3 Å². The molecule has 1 unspecified atom stereocenters. The molecule has 0 amide bonds. The topological polar surface area (TPSA) is 88.2 Å². The summed E-state index contributed by atoms with van der Waals surface area (Å²) in [5, 5.41) is 23.1. The third kappa shape index (κ3) is 3.45. The summed E-state index contributed by atoms with van der Waals surface area (Å²) in [6.45, 7) is 3.68. The van der Waals surface area contributed by atoms with Crippen molar-refractivity contribution in [1.82, 2.24) is 5.32 Å². The van der Waals surface area contributed by atoms with E-state index in [1.165, 1.54) is 6.07 Å². The molecule has 1 saturated carbocycles. The van der Waals surface area contributed by atoms with Gasteiger partial charge in [0.05, 0.1) is 11.0 Å². The van der Waals surface area contributed by atoms with Crippen LogP contribution in [0.5, 0.6) is 5.75 Å². The fourth-order valence-corrected chi connectivity index (χ4v) is 1.96. The number of nitro groups is 1. The molecule has 1 aromatic rings.